The Morgan fingerprint density at radius 1 is 1.42 bits per heavy atom. The second-order valence-electron chi connectivity index (χ2n) is 4.48. The summed E-state index contributed by atoms with van der Waals surface area (Å²) in [5.41, 5.74) is 0.422. The number of halogens is 1. The van der Waals surface area contributed by atoms with Crippen molar-refractivity contribution in [2.24, 2.45) is 5.41 Å². The fourth-order valence-corrected chi connectivity index (χ4v) is 2.06. The van der Waals surface area contributed by atoms with Gasteiger partial charge in [-0.05, 0) is 30.7 Å². The molecule has 5 nitrogen and oxygen atoms in total. The molecule has 1 aliphatic heterocycles. The molecule has 1 fully saturated rings. The summed E-state index contributed by atoms with van der Waals surface area (Å²) in [4.78, 5) is 23.9. The highest BCUT2D eigenvalue weighted by molar-refractivity contribution is 9.10. The van der Waals surface area contributed by atoms with E-state index in [4.69, 9.17) is 4.74 Å². The molecule has 0 bridgehead atoms. The monoisotopic (exact) mass is 327 g/mol. The highest BCUT2D eigenvalue weighted by Crippen LogP contribution is 2.31. The lowest BCUT2D eigenvalue weighted by molar-refractivity contribution is -0.185. The van der Waals surface area contributed by atoms with Gasteiger partial charge in [0.05, 0.1) is 20.3 Å². The zero-order chi connectivity index (χ0) is 14.0. The molecule has 0 saturated carbocycles. The molecule has 6 heteroatoms. The molecule has 1 aliphatic rings. The van der Waals surface area contributed by atoms with Gasteiger partial charge in [-0.15, -0.1) is 0 Å². The fraction of sp³-hybridized carbons (Fsp3) is 0.385. The van der Waals surface area contributed by atoms with E-state index in [2.05, 4.69) is 26.0 Å². The largest absolute Gasteiger partial charge is 0.468 e. The van der Waals surface area contributed by atoms with Crippen LogP contribution >= 0.6 is 15.9 Å². The Morgan fingerprint density at radius 3 is 2.58 bits per heavy atom. The van der Waals surface area contributed by atoms with Gasteiger partial charge >= 0.3 is 5.97 Å². The van der Waals surface area contributed by atoms with Crippen molar-refractivity contribution in [3.8, 4) is 0 Å². The summed E-state index contributed by atoms with van der Waals surface area (Å²) in [7, 11) is 1.26. The summed E-state index contributed by atoms with van der Waals surface area (Å²) < 4.78 is 10.6. The summed E-state index contributed by atoms with van der Waals surface area (Å²) in [5.74, 6) is -0.961. The molecule has 102 valence electrons. The van der Waals surface area contributed by atoms with E-state index >= 15 is 0 Å². The highest BCUT2D eigenvalue weighted by atomic mass is 79.9. The van der Waals surface area contributed by atoms with E-state index in [1.165, 1.54) is 7.11 Å². The summed E-state index contributed by atoms with van der Waals surface area (Å²) >= 11 is 3.39. The van der Waals surface area contributed by atoms with Gasteiger partial charge in [0.15, 0.2) is 5.41 Å². The first-order valence-electron chi connectivity index (χ1n) is 5.73. The maximum Gasteiger partial charge on any atom is 0.326 e. The molecule has 1 aromatic rings. The lowest BCUT2D eigenvalue weighted by Gasteiger charge is -2.36. The van der Waals surface area contributed by atoms with Crippen LogP contribution in [-0.2, 0) is 19.1 Å². The van der Waals surface area contributed by atoms with Crippen LogP contribution in [0.25, 0.3) is 0 Å². The molecule has 19 heavy (non-hydrogen) atoms. The van der Waals surface area contributed by atoms with Crippen LogP contribution in [0.3, 0.4) is 0 Å². The Kier molecular flexibility index (Phi) is 3.91. The SMILES string of the molecule is COC(=O)C1(C(=O)Nc2ccc(Br)c(C)c2)COC1. The topological polar surface area (TPSA) is 64.6 Å². The number of ether oxygens (including phenoxy) is 2. The number of carbonyl (C=O) groups is 2. The number of anilines is 1. The molecule has 1 amide bonds. The number of aryl methyl sites for hydroxylation is 1. The number of amides is 1. The standard InChI is InChI=1S/C13H14BrNO4/c1-8-5-9(3-4-10(8)14)15-11(16)13(6-19-7-13)12(17)18-2/h3-5H,6-7H2,1-2H3,(H,15,16). The average Bonchev–Trinajstić information content (AvgIpc) is 2.32. The second-order valence-corrected chi connectivity index (χ2v) is 5.34. The van der Waals surface area contributed by atoms with Crippen LogP contribution in [0.2, 0.25) is 0 Å². The van der Waals surface area contributed by atoms with Crippen molar-refractivity contribution in [2.45, 2.75) is 6.92 Å². The van der Waals surface area contributed by atoms with Gasteiger partial charge in [0, 0.05) is 10.2 Å². The minimum atomic E-state index is -1.21. The first-order valence-corrected chi connectivity index (χ1v) is 6.53. The van der Waals surface area contributed by atoms with Gasteiger partial charge in [-0.1, -0.05) is 15.9 Å². The molecule has 1 aromatic carbocycles. The number of carbonyl (C=O) groups excluding carboxylic acids is 2. The van der Waals surface area contributed by atoms with Crippen molar-refractivity contribution >= 4 is 33.5 Å². The van der Waals surface area contributed by atoms with Gasteiger partial charge in [-0.3, -0.25) is 9.59 Å². The molecule has 0 atom stereocenters. The van der Waals surface area contributed by atoms with Crippen LogP contribution in [0.5, 0.6) is 0 Å². The van der Waals surface area contributed by atoms with Crippen molar-refractivity contribution in [2.75, 3.05) is 25.6 Å². The first-order chi connectivity index (χ1) is 8.99. The predicted molar refractivity (Wildman–Crippen MR) is 72.8 cm³/mol. The minimum Gasteiger partial charge on any atom is -0.468 e. The number of hydrogen-bond acceptors (Lipinski definition) is 4. The predicted octanol–water partition coefficient (Wildman–Crippen LogP) is 1.89. The Labute approximate surface area is 119 Å². The van der Waals surface area contributed by atoms with Crippen molar-refractivity contribution < 1.29 is 19.1 Å². The molecule has 1 N–H and O–H groups in total. The van der Waals surface area contributed by atoms with Gasteiger partial charge in [0.1, 0.15) is 0 Å². The third-order valence-electron chi connectivity index (χ3n) is 3.12. The number of methoxy groups -OCH3 is 1. The summed E-state index contributed by atoms with van der Waals surface area (Å²) in [6, 6.07) is 5.43. The van der Waals surface area contributed by atoms with Gasteiger partial charge in [-0.25, -0.2) is 0 Å². The zero-order valence-corrected chi connectivity index (χ0v) is 12.2. The first kappa shape index (κ1) is 14.0. The van der Waals surface area contributed by atoms with Crippen LogP contribution in [0.15, 0.2) is 22.7 Å². The van der Waals surface area contributed by atoms with Crippen molar-refractivity contribution in [3.05, 3.63) is 28.2 Å². The Balaban J connectivity index is 2.16. The molecule has 1 saturated heterocycles. The normalized spacial score (nSPS) is 16.4. The quantitative estimate of drug-likeness (QED) is 0.680. The van der Waals surface area contributed by atoms with Crippen molar-refractivity contribution in [3.63, 3.8) is 0 Å². The maximum atomic E-state index is 12.2. The van der Waals surface area contributed by atoms with Gasteiger partial charge in [0.2, 0.25) is 5.91 Å². The Hall–Kier alpha value is -1.40. The Bertz CT molecular complexity index is 525. The second kappa shape index (κ2) is 5.30. The van der Waals surface area contributed by atoms with E-state index in [1.54, 1.807) is 6.07 Å². The molecular formula is C13H14BrNO4. The van der Waals surface area contributed by atoms with E-state index in [-0.39, 0.29) is 13.2 Å². The Morgan fingerprint density at radius 2 is 2.11 bits per heavy atom. The fourth-order valence-electron chi connectivity index (χ4n) is 1.82. The molecule has 0 aromatic heterocycles. The third-order valence-corrected chi connectivity index (χ3v) is 4.01. The zero-order valence-electron chi connectivity index (χ0n) is 10.7. The minimum absolute atomic E-state index is 0.0566. The van der Waals surface area contributed by atoms with Gasteiger partial charge < -0.3 is 14.8 Å². The highest BCUT2D eigenvalue weighted by Gasteiger charge is 2.54. The van der Waals surface area contributed by atoms with Crippen molar-refractivity contribution in [1.82, 2.24) is 0 Å². The summed E-state index contributed by atoms with van der Waals surface area (Å²) in [6.07, 6.45) is 0. The van der Waals surface area contributed by atoms with Crippen LogP contribution in [0.4, 0.5) is 5.69 Å². The number of hydrogen-bond donors (Lipinski definition) is 1. The number of rotatable bonds is 3. The molecule has 0 spiro atoms. The molecule has 1 heterocycles. The van der Waals surface area contributed by atoms with E-state index < -0.39 is 17.3 Å². The maximum absolute atomic E-state index is 12.2. The van der Waals surface area contributed by atoms with E-state index in [9.17, 15) is 9.59 Å². The molecule has 0 radical (unpaired) electrons. The van der Waals surface area contributed by atoms with Crippen molar-refractivity contribution in [1.29, 1.82) is 0 Å². The van der Waals surface area contributed by atoms with E-state index in [0.717, 1.165) is 10.0 Å². The summed E-state index contributed by atoms with van der Waals surface area (Å²) in [6.45, 7) is 2.03. The molecule has 0 unspecified atom stereocenters. The third kappa shape index (κ3) is 2.50. The molecule has 2 rings (SSSR count). The molecule has 0 aliphatic carbocycles. The smallest absolute Gasteiger partial charge is 0.326 e. The lowest BCUT2D eigenvalue weighted by atomic mass is 9.85. The summed E-state index contributed by atoms with van der Waals surface area (Å²) in [5, 5.41) is 2.73. The van der Waals surface area contributed by atoms with Crippen LogP contribution in [-0.4, -0.2) is 32.2 Å². The van der Waals surface area contributed by atoms with Gasteiger partial charge in [-0.2, -0.15) is 0 Å². The van der Waals surface area contributed by atoms with E-state index in [0.29, 0.717) is 5.69 Å². The number of nitrogens with one attached hydrogen (secondary N) is 1. The number of esters is 1. The van der Waals surface area contributed by atoms with E-state index in [1.807, 2.05) is 19.1 Å². The lowest BCUT2D eigenvalue weighted by Crippen LogP contribution is -2.57. The van der Waals surface area contributed by atoms with Crippen LogP contribution in [0.1, 0.15) is 5.56 Å². The number of benzene rings is 1. The van der Waals surface area contributed by atoms with Crippen LogP contribution < -0.4 is 5.32 Å². The van der Waals surface area contributed by atoms with Gasteiger partial charge in [0.25, 0.3) is 0 Å². The van der Waals surface area contributed by atoms with Crippen LogP contribution in [0, 0.1) is 12.3 Å². The average molecular weight is 328 g/mol. The molecular weight excluding hydrogens is 314 g/mol.